The predicted molar refractivity (Wildman–Crippen MR) is 338 cm³/mol. The summed E-state index contributed by atoms with van der Waals surface area (Å²) in [7, 11) is 0. The van der Waals surface area contributed by atoms with E-state index in [0.717, 1.165) is 106 Å². The maximum Gasteiger partial charge on any atom is 0.164 e. The van der Waals surface area contributed by atoms with Crippen molar-refractivity contribution in [2.75, 3.05) is 19.8 Å². The third kappa shape index (κ3) is 23.2. The summed E-state index contributed by atoms with van der Waals surface area (Å²) in [6.07, 6.45) is 30.8. The highest BCUT2D eigenvalue weighted by atomic mass is 16.5. The van der Waals surface area contributed by atoms with Crippen LogP contribution < -0.4 is 14.2 Å². The van der Waals surface area contributed by atoms with Gasteiger partial charge in [-0.15, -0.1) is 0 Å². The summed E-state index contributed by atoms with van der Waals surface area (Å²) in [5.74, 6) is 24.3. The first-order chi connectivity index (χ1) is 40.0. The third-order valence-corrected chi connectivity index (χ3v) is 14.5. The molecule has 1 aromatic heterocycles. The molecule has 1 heterocycles. The lowest BCUT2D eigenvalue weighted by Gasteiger charge is -2.09. The summed E-state index contributed by atoms with van der Waals surface area (Å²) in [4.78, 5) is 15.1. The monoisotopic (exact) mass is 1080 g/mol. The topological polar surface area (TPSA) is 66.4 Å². The molecule has 0 N–H and O–H groups in total. The first-order valence-electron chi connectivity index (χ1n) is 30.9. The molecule has 0 unspecified atom stereocenters. The van der Waals surface area contributed by atoms with Crippen LogP contribution in [0.1, 0.15) is 208 Å². The Kier molecular flexibility index (Phi) is 27.6. The van der Waals surface area contributed by atoms with E-state index in [1.165, 1.54) is 135 Å². The van der Waals surface area contributed by atoms with Gasteiger partial charge in [-0.3, -0.25) is 0 Å². The minimum absolute atomic E-state index is 0.570. The molecular weight excluding hydrogens is 991 g/mol. The van der Waals surface area contributed by atoms with Crippen LogP contribution in [0, 0.1) is 35.5 Å². The maximum absolute atomic E-state index is 6.03. The molecule has 6 heteroatoms. The average Bonchev–Trinajstić information content (AvgIpc) is 3.52. The average molecular weight is 1080 g/mol. The molecule has 420 valence electrons. The van der Waals surface area contributed by atoms with E-state index in [2.05, 4.69) is 56.3 Å². The number of unbranched alkanes of at least 4 members (excludes halogenated alkanes) is 21. The van der Waals surface area contributed by atoms with E-state index >= 15 is 0 Å². The van der Waals surface area contributed by atoms with Gasteiger partial charge in [0.25, 0.3) is 0 Å². The Balaban J connectivity index is 0.992. The number of rotatable bonds is 33. The second-order valence-electron chi connectivity index (χ2n) is 21.3. The van der Waals surface area contributed by atoms with Crippen molar-refractivity contribution in [1.82, 2.24) is 15.0 Å². The Morgan fingerprint density at radius 3 is 0.630 bits per heavy atom. The molecule has 0 aliphatic heterocycles. The number of benzene rings is 6. The van der Waals surface area contributed by atoms with Crippen molar-refractivity contribution in [3.63, 3.8) is 0 Å². The number of ether oxygens (including phenoxy) is 3. The molecular formula is C75H87N3O3. The van der Waals surface area contributed by atoms with Crippen molar-refractivity contribution in [2.24, 2.45) is 0 Å². The van der Waals surface area contributed by atoms with E-state index in [4.69, 9.17) is 29.2 Å². The van der Waals surface area contributed by atoms with Crippen LogP contribution in [0.15, 0.2) is 146 Å². The van der Waals surface area contributed by atoms with Gasteiger partial charge in [0.1, 0.15) is 17.2 Å². The molecule has 6 nitrogen and oxygen atoms in total. The number of aromatic nitrogens is 3. The van der Waals surface area contributed by atoms with Crippen LogP contribution >= 0.6 is 0 Å². The first kappa shape index (κ1) is 61.0. The molecule has 0 spiro atoms. The van der Waals surface area contributed by atoms with Crippen molar-refractivity contribution >= 4 is 0 Å². The van der Waals surface area contributed by atoms with Gasteiger partial charge in [0.05, 0.1) is 19.8 Å². The van der Waals surface area contributed by atoms with Crippen molar-refractivity contribution in [3.05, 3.63) is 179 Å². The number of hydrogen-bond donors (Lipinski definition) is 0. The lowest BCUT2D eigenvalue weighted by molar-refractivity contribution is 0.304. The summed E-state index contributed by atoms with van der Waals surface area (Å²) in [6, 6.07) is 48.5. The van der Waals surface area contributed by atoms with Gasteiger partial charge in [0.2, 0.25) is 0 Å². The van der Waals surface area contributed by atoms with Gasteiger partial charge >= 0.3 is 0 Å². The fourth-order valence-electron chi connectivity index (χ4n) is 9.49. The molecule has 0 saturated carbocycles. The van der Waals surface area contributed by atoms with Gasteiger partial charge in [-0.1, -0.05) is 191 Å². The summed E-state index contributed by atoms with van der Waals surface area (Å²) in [6.45, 7) is 9.04. The van der Waals surface area contributed by atoms with Crippen molar-refractivity contribution in [3.8, 4) is 86.9 Å². The number of nitrogens with zero attached hydrogens (tertiary/aromatic N) is 3. The van der Waals surface area contributed by atoms with Crippen LogP contribution in [0.4, 0.5) is 0 Å². The molecule has 0 aliphatic rings. The van der Waals surface area contributed by atoms with E-state index in [-0.39, 0.29) is 0 Å². The Bertz CT molecular complexity index is 2710. The van der Waals surface area contributed by atoms with Gasteiger partial charge in [0.15, 0.2) is 17.5 Å². The molecule has 0 aliphatic carbocycles. The van der Waals surface area contributed by atoms with Crippen LogP contribution in [0.3, 0.4) is 0 Å². The zero-order valence-electron chi connectivity index (χ0n) is 49.0. The van der Waals surface area contributed by atoms with Crippen molar-refractivity contribution in [2.45, 2.75) is 175 Å². The predicted octanol–water partition coefficient (Wildman–Crippen LogP) is 19.6. The van der Waals surface area contributed by atoms with E-state index < -0.39 is 0 Å². The standard InChI is InChI=1S/C75H87N3O3/c1-4-7-10-13-16-19-22-25-58-79-70-52-40-64(41-53-70)31-28-61-34-46-67(47-35-61)73-76-74(68-48-36-62(37-49-68)29-32-65-42-54-71(55-43-65)80-59-26-23-20-17-14-11-8-5-2)78-75(77-73)69-50-38-63(39-51-69)30-33-66-44-56-72(57-45-66)81-60-27-24-21-18-15-12-9-6-3/h34-57H,4-27,58-60H2,1-3H3. The molecule has 0 saturated heterocycles. The minimum Gasteiger partial charge on any atom is -0.494 e. The summed E-state index contributed by atoms with van der Waals surface area (Å²) >= 11 is 0. The highest BCUT2D eigenvalue weighted by molar-refractivity contribution is 5.68. The van der Waals surface area contributed by atoms with Crippen LogP contribution in [-0.2, 0) is 0 Å². The maximum atomic E-state index is 6.03. The van der Waals surface area contributed by atoms with Crippen molar-refractivity contribution < 1.29 is 14.2 Å². The van der Waals surface area contributed by atoms with Crippen LogP contribution in [0.25, 0.3) is 34.2 Å². The van der Waals surface area contributed by atoms with Gasteiger partial charge < -0.3 is 14.2 Å². The highest BCUT2D eigenvalue weighted by Gasteiger charge is 2.13. The highest BCUT2D eigenvalue weighted by Crippen LogP contribution is 2.26. The Morgan fingerprint density at radius 2 is 0.420 bits per heavy atom. The van der Waals surface area contributed by atoms with E-state index in [1.807, 2.05) is 146 Å². The molecule has 81 heavy (non-hydrogen) atoms. The Labute approximate surface area is 487 Å². The fraction of sp³-hybridized carbons (Fsp3) is 0.400. The van der Waals surface area contributed by atoms with Gasteiger partial charge in [-0.25, -0.2) is 15.0 Å². The SMILES string of the molecule is CCCCCCCCCCOc1ccc(C#Cc2ccc(-c3nc(-c4ccc(C#Cc5ccc(OCCCCCCCCCC)cc5)cc4)nc(-c4ccc(C#Cc5ccc(OCCCCCCCCCC)cc5)cc4)n3)cc2)cc1. The largest absolute Gasteiger partial charge is 0.494 e. The summed E-state index contributed by atoms with van der Waals surface area (Å²) < 4.78 is 18.1. The Morgan fingerprint density at radius 1 is 0.235 bits per heavy atom. The normalized spacial score (nSPS) is 10.7. The minimum atomic E-state index is 0.570. The second-order valence-corrected chi connectivity index (χ2v) is 21.3. The van der Waals surface area contributed by atoms with E-state index in [0.29, 0.717) is 17.5 Å². The zero-order chi connectivity index (χ0) is 56.2. The van der Waals surface area contributed by atoms with Crippen LogP contribution in [0.5, 0.6) is 17.2 Å². The van der Waals surface area contributed by atoms with Crippen LogP contribution in [-0.4, -0.2) is 34.8 Å². The third-order valence-electron chi connectivity index (χ3n) is 14.5. The lowest BCUT2D eigenvalue weighted by atomic mass is 10.1. The molecule has 0 fully saturated rings. The molecule has 7 aromatic rings. The molecule has 0 atom stereocenters. The molecule has 0 amide bonds. The molecule has 7 rings (SSSR count). The van der Waals surface area contributed by atoms with E-state index in [9.17, 15) is 0 Å². The quantitative estimate of drug-likeness (QED) is 0.0302. The lowest BCUT2D eigenvalue weighted by Crippen LogP contribution is -2.00. The summed E-state index contributed by atoms with van der Waals surface area (Å²) in [5.41, 5.74) is 8.09. The smallest absolute Gasteiger partial charge is 0.164 e. The number of hydrogen-bond acceptors (Lipinski definition) is 6. The second kappa shape index (κ2) is 36.6. The van der Waals surface area contributed by atoms with E-state index in [1.54, 1.807) is 0 Å². The molecule has 6 aromatic carbocycles. The zero-order valence-corrected chi connectivity index (χ0v) is 49.0. The van der Waals surface area contributed by atoms with Gasteiger partial charge in [-0.2, -0.15) is 0 Å². The van der Waals surface area contributed by atoms with Crippen molar-refractivity contribution in [1.29, 1.82) is 0 Å². The van der Waals surface area contributed by atoms with Gasteiger partial charge in [-0.05, 0) is 165 Å². The first-order valence-corrected chi connectivity index (χ1v) is 30.9. The fourth-order valence-corrected chi connectivity index (χ4v) is 9.49. The molecule has 0 bridgehead atoms. The Hall–Kier alpha value is -7.59. The van der Waals surface area contributed by atoms with Gasteiger partial charge in [0, 0.05) is 50.1 Å². The summed E-state index contributed by atoms with van der Waals surface area (Å²) in [5, 5.41) is 0. The molecule has 0 radical (unpaired) electrons. The van der Waals surface area contributed by atoms with Crippen LogP contribution in [0.2, 0.25) is 0 Å².